The summed E-state index contributed by atoms with van der Waals surface area (Å²) in [6.45, 7) is 7.35. The quantitative estimate of drug-likeness (QED) is 0.421. The lowest BCUT2D eigenvalue weighted by Crippen LogP contribution is -2.45. The molecule has 32 heavy (non-hydrogen) atoms. The maximum atomic E-state index is 12.8. The molecule has 0 saturated carbocycles. The highest BCUT2D eigenvalue weighted by atomic mass is 35.5. The number of benzene rings is 2. The Kier molecular flexibility index (Phi) is 6.39. The van der Waals surface area contributed by atoms with Gasteiger partial charge in [-0.25, -0.2) is 4.79 Å². The normalized spacial score (nSPS) is 16.4. The molecular formula is C24H28Cl2N4O2. The molecule has 1 atom stereocenters. The van der Waals surface area contributed by atoms with E-state index in [1.54, 1.807) is 12.3 Å². The number of anilines is 1. The summed E-state index contributed by atoms with van der Waals surface area (Å²) in [5.41, 5.74) is 2.81. The summed E-state index contributed by atoms with van der Waals surface area (Å²) in [6, 6.07) is 9.06. The van der Waals surface area contributed by atoms with E-state index in [0.29, 0.717) is 28.8 Å². The van der Waals surface area contributed by atoms with Gasteiger partial charge in [-0.15, -0.1) is 0 Å². The number of urea groups is 1. The number of halogens is 2. The molecule has 0 bridgehead atoms. The van der Waals surface area contributed by atoms with Gasteiger partial charge in [-0.2, -0.15) is 5.10 Å². The molecule has 2 aromatic carbocycles. The highest BCUT2D eigenvalue weighted by Crippen LogP contribution is 2.46. The third-order valence-corrected chi connectivity index (χ3v) is 7.29. The maximum Gasteiger partial charge on any atom is 0.321 e. The molecule has 1 saturated heterocycles. The van der Waals surface area contributed by atoms with Crippen LogP contribution in [0, 0.1) is 18.3 Å². The molecule has 3 aromatic rings. The van der Waals surface area contributed by atoms with Crippen molar-refractivity contribution < 1.29 is 9.90 Å². The number of amides is 2. The molecule has 1 fully saturated rings. The van der Waals surface area contributed by atoms with Crippen LogP contribution in [0.3, 0.4) is 0 Å². The van der Waals surface area contributed by atoms with Gasteiger partial charge in [0.25, 0.3) is 0 Å². The van der Waals surface area contributed by atoms with Gasteiger partial charge in [0.2, 0.25) is 0 Å². The SMILES string of the molecule is Cc1ccc(Cl)c(NC(=O)N2CCC(C(C)(C)C(O)c3cc(Cl)cc4cn[nH]c34)CC2)c1. The Balaban J connectivity index is 1.44. The molecule has 0 radical (unpaired) electrons. The monoisotopic (exact) mass is 474 g/mol. The van der Waals surface area contributed by atoms with Crippen LogP contribution >= 0.6 is 23.2 Å². The summed E-state index contributed by atoms with van der Waals surface area (Å²) in [6.07, 6.45) is 2.58. The smallest absolute Gasteiger partial charge is 0.321 e. The molecule has 8 heteroatoms. The molecule has 1 unspecified atom stereocenters. The van der Waals surface area contributed by atoms with Crippen molar-refractivity contribution in [2.24, 2.45) is 11.3 Å². The molecule has 6 nitrogen and oxygen atoms in total. The number of nitrogens with zero attached hydrogens (tertiary/aromatic N) is 2. The molecule has 1 aromatic heterocycles. The summed E-state index contributed by atoms with van der Waals surface area (Å²) in [4.78, 5) is 14.6. The number of hydrogen-bond acceptors (Lipinski definition) is 3. The third-order valence-electron chi connectivity index (χ3n) is 6.74. The largest absolute Gasteiger partial charge is 0.388 e. The van der Waals surface area contributed by atoms with E-state index in [1.165, 1.54) is 0 Å². The fraction of sp³-hybridized carbons (Fsp3) is 0.417. The van der Waals surface area contributed by atoms with E-state index in [9.17, 15) is 9.90 Å². The minimum atomic E-state index is -0.722. The molecule has 1 aliphatic rings. The number of piperidine rings is 1. The second-order valence-corrected chi connectivity index (χ2v) is 10.1. The lowest BCUT2D eigenvalue weighted by Gasteiger charge is -2.43. The van der Waals surface area contributed by atoms with Crippen molar-refractivity contribution >= 4 is 45.8 Å². The summed E-state index contributed by atoms with van der Waals surface area (Å²) < 4.78 is 0. The average molecular weight is 475 g/mol. The minimum Gasteiger partial charge on any atom is -0.388 e. The van der Waals surface area contributed by atoms with Gasteiger partial charge < -0.3 is 15.3 Å². The first-order valence-corrected chi connectivity index (χ1v) is 11.5. The lowest BCUT2D eigenvalue weighted by atomic mass is 9.68. The minimum absolute atomic E-state index is 0.150. The van der Waals surface area contributed by atoms with Crippen LogP contribution < -0.4 is 5.32 Å². The van der Waals surface area contributed by atoms with E-state index in [-0.39, 0.29) is 11.9 Å². The highest BCUT2D eigenvalue weighted by Gasteiger charge is 2.40. The van der Waals surface area contributed by atoms with Crippen LogP contribution in [0.15, 0.2) is 36.5 Å². The van der Waals surface area contributed by atoms with E-state index in [1.807, 2.05) is 36.1 Å². The van der Waals surface area contributed by atoms with Gasteiger partial charge in [0.1, 0.15) is 0 Å². The van der Waals surface area contributed by atoms with Crippen LogP contribution in [0.25, 0.3) is 10.9 Å². The zero-order valence-corrected chi connectivity index (χ0v) is 20.0. The Labute approximate surface area is 197 Å². The number of fused-ring (bicyclic) bond motifs is 1. The Morgan fingerprint density at radius 2 is 1.97 bits per heavy atom. The Morgan fingerprint density at radius 1 is 1.25 bits per heavy atom. The molecule has 1 aliphatic heterocycles. The van der Waals surface area contributed by atoms with Crippen molar-refractivity contribution in [1.29, 1.82) is 0 Å². The maximum absolute atomic E-state index is 12.8. The lowest BCUT2D eigenvalue weighted by molar-refractivity contribution is -0.0138. The molecule has 2 heterocycles. The first-order chi connectivity index (χ1) is 15.2. The summed E-state index contributed by atoms with van der Waals surface area (Å²) in [7, 11) is 0. The number of aliphatic hydroxyl groups is 1. The van der Waals surface area contributed by atoms with Crippen molar-refractivity contribution in [1.82, 2.24) is 15.1 Å². The van der Waals surface area contributed by atoms with E-state index in [2.05, 4.69) is 29.4 Å². The van der Waals surface area contributed by atoms with Crippen LogP contribution in [-0.4, -0.2) is 39.3 Å². The topological polar surface area (TPSA) is 81.2 Å². The van der Waals surface area contributed by atoms with Crippen LogP contribution in [0.4, 0.5) is 10.5 Å². The zero-order valence-electron chi connectivity index (χ0n) is 18.5. The fourth-order valence-electron chi connectivity index (χ4n) is 4.64. The van der Waals surface area contributed by atoms with Crippen LogP contribution in [0.2, 0.25) is 10.0 Å². The van der Waals surface area contributed by atoms with Gasteiger partial charge in [-0.1, -0.05) is 43.1 Å². The summed E-state index contributed by atoms with van der Waals surface area (Å²) >= 11 is 12.5. The van der Waals surface area contributed by atoms with Crippen molar-refractivity contribution in [2.75, 3.05) is 18.4 Å². The third kappa shape index (κ3) is 4.45. The van der Waals surface area contributed by atoms with Gasteiger partial charge in [0.05, 0.1) is 28.5 Å². The number of nitrogens with one attached hydrogen (secondary N) is 2. The van der Waals surface area contributed by atoms with Crippen LogP contribution in [-0.2, 0) is 0 Å². The Bertz CT molecular complexity index is 1140. The van der Waals surface area contributed by atoms with Crippen LogP contribution in [0.5, 0.6) is 0 Å². The van der Waals surface area contributed by atoms with Crippen molar-refractivity contribution in [3.8, 4) is 0 Å². The van der Waals surface area contributed by atoms with E-state index < -0.39 is 11.5 Å². The molecule has 0 spiro atoms. The molecule has 3 N–H and O–H groups in total. The van der Waals surface area contributed by atoms with Gasteiger partial charge in [0, 0.05) is 29.1 Å². The summed E-state index contributed by atoms with van der Waals surface area (Å²) in [5, 5.41) is 23.3. The number of aliphatic hydroxyl groups excluding tert-OH is 1. The van der Waals surface area contributed by atoms with Crippen molar-refractivity contribution in [3.05, 3.63) is 57.7 Å². The van der Waals surface area contributed by atoms with Crippen molar-refractivity contribution in [3.63, 3.8) is 0 Å². The number of rotatable bonds is 4. The van der Waals surface area contributed by atoms with E-state index >= 15 is 0 Å². The number of aromatic nitrogens is 2. The zero-order chi connectivity index (χ0) is 23.0. The standard InChI is InChI=1S/C24H28Cl2N4O2/c1-14-4-5-19(26)20(10-14)28-23(32)30-8-6-16(7-9-30)24(2,3)22(31)18-12-17(25)11-15-13-27-29-21(15)18/h4-5,10-13,16,22,31H,6-9H2,1-3H3,(H,27,29)(H,28,32). The molecular weight excluding hydrogens is 447 g/mol. The second kappa shape index (κ2) is 8.93. The van der Waals surface area contributed by atoms with Gasteiger partial charge in [-0.3, -0.25) is 5.10 Å². The Morgan fingerprint density at radius 3 is 2.69 bits per heavy atom. The molecule has 170 valence electrons. The van der Waals surface area contributed by atoms with Crippen LogP contribution in [0.1, 0.15) is 43.9 Å². The number of H-pyrrole nitrogens is 1. The highest BCUT2D eigenvalue weighted by molar-refractivity contribution is 6.33. The first kappa shape index (κ1) is 22.9. The van der Waals surface area contributed by atoms with Gasteiger partial charge >= 0.3 is 6.03 Å². The molecule has 0 aliphatic carbocycles. The number of hydrogen-bond donors (Lipinski definition) is 3. The predicted molar refractivity (Wildman–Crippen MR) is 129 cm³/mol. The van der Waals surface area contributed by atoms with E-state index in [0.717, 1.165) is 34.9 Å². The summed E-state index contributed by atoms with van der Waals surface area (Å²) in [5.74, 6) is 0.237. The van der Waals surface area contributed by atoms with E-state index in [4.69, 9.17) is 23.2 Å². The molecule has 2 amide bonds. The number of aryl methyl sites for hydroxylation is 1. The number of carbonyl (C=O) groups is 1. The molecule has 4 rings (SSSR count). The van der Waals surface area contributed by atoms with Gasteiger partial charge in [0.15, 0.2) is 0 Å². The average Bonchev–Trinajstić information content (AvgIpc) is 3.23. The fourth-order valence-corrected chi connectivity index (χ4v) is 5.04. The number of likely N-dealkylation sites (tertiary alicyclic amines) is 1. The number of aromatic amines is 1. The Hall–Kier alpha value is -2.28. The first-order valence-electron chi connectivity index (χ1n) is 10.8. The second-order valence-electron chi connectivity index (χ2n) is 9.23. The number of carbonyl (C=O) groups excluding carboxylic acids is 1. The van der Waals surface area contributed by atoms with Gasteiger partial charge in [-0.05, 0) is 60.9 Å². The van der Waals surface area contributed by atoms with Crippen molar-refractivity contribution in [2.45, 2.75) is 39.7 Å². The predicted octanol–water partition coefficient (Wildman–Crippen LogP) is 6.18.